The number of thioether (sulfide) groups is 1. The molecule has 0 aliphatic carbocycles. The molecule has 3 rings (SSSR count). The third kappa shape index (κ3) is 7.47. The highest BCUT2D eigenvalue weighted by molar-refractivity contribution is 7.99. The van der Waals surface area contributed by atoms with Crippen LogP contribution in [0.3, 0.4) is 0 Å². The Morgan fingerprint density at radius 1 is 1.20 bits per heavy atom. The summed E-state index contributed by atoms with van der Waals surface area (Å²) in [6, 6.07) is 7.05. The molecule has 0 aromatic heterocycles. The molecule has 0 bridgehead atoms. The molecule has 2 aliphatic heterocycles. The zero-order chi connectivity index (χ0) is 25.5. The van der Waals surface area contributed by atoms with Crippen molar-refractivity contribution in [1.82, 2.24) is 10.6 Å². The van der Waals surface area contributed by atoms with E-state index < -0.39 is 41.3 Å². The number of ether oxygens (including phenoxy) is 2. The first-order valence-corrected chi connectivity index (χ1v) is 14.0. The Morgan fingerprint density at radius 3 is 2.54 bits per heavy atom. The van der Waals surface area contributed by atoms with Crippen LogP contribution in [0.15, 0.2) is 24.3 Å². The number of halogens is 1. The zero-order valence-electron chi connectivity index (χ0n) is 20.6. The Hall–Kier alpha value is -1.07. The molecule has 8 nitrogen and oxygen atoms in total. The predicted octanol–water partition coefficient (Wildman–Crippen LogP) is 1.67. The van der Waals surface area contributed by atoms with E-state index in [1.54, 1.807) is 20.3 Å². The number of hydrogen-bond donors (Lipinski definition) is 5. The molecule has 0 saturated carbocycles. The van der Waals surface area contributed by atoms with Gasteiger partial charge in [-0.1, -0.05) is 12.1 Å². The standard InChI is InChI=1S/C25H39ClN2O6S/c1-14(26)19(23-21(30)20(29)22(31)25(34-23)35-3)28-24(32)18-11-8-16(12-13-27-18)5-4-15-6-9-17(33-2)10-7-15/h6-7,9-10,14,16,18-23,25,27,29-31H,4-5,8,11-13H2,1-3H3,(H,28,32). The molecule has 2 heterocycles. The first-order valence-electron chi connectivity index (χ1n) is 12.3. The number of methoxy groups -OCH3 is 1. The number of aryl methyl sites for hydroxylation is 1. The maximum absolute atomic E-state index is 13.2. The Bertz CT molecular complexity index is 799. The van der Waals surface area contributed by atoms with E-state index in [9.17, 15) is 20.1 Å². The lowest BCUT2D eigenvalue weighted by molar-refractivity contribution is -0.205. The van der Waals surface area contributed by atoms with Crippen molar-refractivity contribution < 1.29 is 29.6 Å². The zero-order valence-corrected chi connectivity index (χ0v) is 22.2. The van der Waals surface area contributed by atoms with Crippen LogP contribution in [0, 0.1) is 5.92 Å². The molecule has 1 aromatic rings. The molecule has 2 saturated heterocycles. The smallest absolute Gasteiger partial charge is 0.237 e. The summed E-state index contributed by atoms with van der Waals surface area (Å²) in [6.45, 7) is 2.46. The van der Waals surface area contributed by atoms with Crippen molar-refractivity contribution in [3.05, 3.63) is 29.8 Å². The van der Waals surface area contributed by atoms with Gasteiger partial charge in [0.1, 0.15) is 35.6 Å². The van der Waals surface area contributed by atoms with Crippen LogP contribution in [-0.4, -0.2) is 88.4 Å². The molecular formula is C25H39ClN2O6S. The van der Waals surface area contributed by atoms with Gasteiger partial charge in [0.2, 0.25) is 5.91 Å². The highest BCUT2D eigenvalue weighted by Crippen LogP contribution is 2.30. The topological polar surface area (TPSA) is 120 Å². The first-order chi connectivity index (χ1) is 16.7. The monoisotopic (exact) mass is 530 g/mol. The molecule has 1 amide bonds. The highest BCUT2D eigenvalue weighted by Gasteiger charge is 2.48. The van der Waals surface area contributed by atoms with E-state index in [0.29, 0.717) is 12.3 Å². The number of alkyl halides is 1. The van der Waals surface area contributed by atoms with E-state index in [1.807, 2.05) is 12.1 Å². The molecule has 9 atom stereocenters. The van der Waals surface area contributed by atoms with Gasteiger partial charge >= 0.3 is 0 Å². The molecule has 0 radical (unpaired) electrons. The number of rotatable bonds is 9. The van der Waals surface area contributed by atoms with Crippen LogP contribution in [0.4, 0.5) is 0 Å². The number of carbonyl (C=O) groups excluding carboxylic acids is 1. The number of amides is 1. The third-order valence-electron chi connectivity index (χ3n) is 7.12. The number of nitrogens with one attached hydrogen (secondary N) is 2. The summed E-state index contributed by atoms with van der Waals surface area (Å²) in [7, 11) is 1.66. The van der Waals surface area contributed by atoms with Gasteiger partial charge in [-0.25, -0.2) is 0 Å². The summed E-state index contributed by atoms with van der Waals surface area (Å²) >= 11 is 7.62. The van der Waals surface area contributed by atoms with Crippen molar-refractivity contribution in [2.75, 3.05) is 19.9 Å². The number of aliphatic hydroxyl groups is 3. The minimum atomic E-state index is -1.39. The van der Waals surface area contributed by atoms with Crippen LogP contribution in [0.2, 0.25) is 0 Å². The first kappa shape index (κ1) is 28.5. The summed E-state index contributed by atoms with van der Waals surface area (Å²) in [5.74, 6) is 1.18. The van der Waals surface area contributed by atoms with E-state index in [4.69, 9.17) is 21.1 Å². The second-order valence-electron chi connectivity index (χ2n) is 9.51. The molecule has 2 aliphatic rings. The molecule has 35 heavy (non-hydrogen) atoms. The Balaban J connectivity index is 1.55. The normalized spacial score (nSPS) is 33.4. The van der Waals surface area contributed by atoms with Crippen LogP contribution in [0.5, 0.6) is 5.75 Å². The summed E-state index contributed by atoms with van der Waals surface area (Å²) in [4.78, 5) is 13.2. The summed E-state index contributed by atoms with van der Waals surface area (Å²) in [5, 5.41) is 36.7. The minimum absolute atomic E-state index is 0.199. The Kier molecular flexibility index (Phi) is 11.0. The number of aliphatic hydroxyl groups excluding tert-OH is 3. The van der Waals surface area contributed by atoms with Crippen molar-refractivity contribution >= 4 is 29.3 Å². The van der Waals surface area contributed by atoms with E-state index >= 15 is 0 Å². The van der Waals surface area contributed by atoms with Crippen molar-refractivity contribution in [1.29, 1.82) is 0 Å². The maximum atomic E-state index is 13.2. The molecule has 10 heteroatoms. The van der Waals surface area contributed by atoms with Gasteiger partial charge in [0.15, 0.2) is 0 Å². The molecule has 5 N–H and O–H groups in total. The summed E-state index contributed by atoms with van der Waals surface area (Å²) in [6.07, 6.45) is 1.50. The van der Waals surface area contributed by atoms with Crippen LogP contribution < -0.4 is 15.4 Å². The van der Waals surface area contributed by atoms with Gasteiger partial charge in [-0.2, -0.15) is 0 Å². The molecule has 2 fully saturated rings. The third-order valence-corrected chi connectivity index (χ3v) is 8.25. The lowest BCUT2D eigenvalue weighted by atomic mass is 9.91. The fourth-order valence-corrected chi connectivity index (χ4v) is 5.76. The van der Waals surface area contributed by atoms with Crippen LogP contribution in [-0.2, 0) is 16.0 Å². The van der Waals surface area contributed by atoms with Crippen LogP contribution in [0.1, 0.15) is 38.2 Å². The minimum Gasteiger partial charge on any atom is -0.497 e. The lowest BCUT2D eigenvalue weighted by Gasteiger charge is -2.44. The van der Waals surface area contributed by atoms with E-state index in [1.165, 1.54) is 17.3 Å². The molecule has 9 unspecified atom stereocenters. The summed E-state index contributed by atoms with van der Waals surface area (Å²) < 4.78 is 11.1. The predicted molar refractivity (Wildman–Crippen MR) is 138 cm³/mol. The molecule has 1 aromatic carbocycles. The number of hydrogen-bond acceptors (Lipinski definition) is 8. The number of benzene rings is 1. The fourth-order valence-electron chi connectivity index (χ4n) is 4.87. The van der Waals surface area contributed by atoms with Gasteiger partial charge < -0.3 is 35.4 Å². The van der Waals surface area contributed by atoms with Gasteiger partial charge in [0.25, 0.3) is 0 Å². The van der Waals surface area contributed by atoms with Gasteiger partial charge in [0.05, 0.1) is 24.6 Å². The average Bonchev–Trinajstić information content (AvgIpc) is 3.11. The molecule has 0 spiro atoms. The van der Waals surface area contributed by atoms with Gasteiger partial charge in [-0.3, -0.25) is 4.79 Å². The van der Waals surface area contributed by atoms with Gasteiger partial charge in [-0.15, -0.1) is 23.4 Å². The van der Waals surface area contributed by atoms with E-state index in [0.717, 1.165) is 38.0 Å². The Labute approximate surface area is 217 Å². The second kappa shape index (κ2) is 13.5. The summed E-state index contributed by atoms with van der Waals surface area (Å²) in [5.41, 5.74) is 0.550. The lowest BCUT2D eigenvalue weighted by Crippen LogP contribution is -2.65. The number of carbonyl (C=O) groups is 1. The van der Waals surface area contributed by atoms with Gasteiger partial charge in [-0.05, 0) is 75.4 Å². The fraction of sp³-hybridized carbons (Fsp3) is 0.720. The van der Waals surface area contributed by atoms with Gasteiger partial charge in [0, 0.05) is 0 Å². The van der Waals surface area contributed by atoms with E-state index in [-0.39, 0.29) is 11.9 Å². The largest absolute Gasteiger partial charge is 0.497 e. The van der Waals surface area contributed by atoms with Crippen LogP contribution in [0.25, 0.3) is 0 Å². The average molecular weight is 531 g/mol. The highest BCUT2D eigenvalue weighted by atomic mass is 35.5. The van der Waals surface area contributed by atoms with Crippen LogP contribution >= 0.6 is 23.4 Å². The van der Waals surface area contributed by atoms with E-state index in [2.05, 4.69) is 22.8 Å². The maximum Gasteiger partial charge on any atom is 0.237 e. The Morgan fingerprint density at radius 2 is 1.91 bits per heavy atom. The van der Waals surface area contributed by atoms with Crippen molar-refractivity contribution in [3.8, 4) is 5.75 Å². The molecule has 198 valence electrons. The molecular weight excluding hydrogens is 492 g/mol. The SMILES string of the molecule is COc1ccc(CCC2CCNC(C(=O)NC(C(C)Cl)C3OC(SC)C(O)C(O)C3O)CC2)cc1. The quantitative estimate of drug-likeness (QED) is 0.306. The van der Waals surface area contributed by atoms with Crippen molar-refractivity contribution in [3.63, 3.8) is 0 Å². The van der Waals surface area contributed by atoms with Crippen molar-refractivity contribution in [2.45, 2.75) is 86.3 Å². The van der Waals surface area contributed by atoms with Crippen molar-refractivity contribution in [2.24, 2.45) is 5.92 Å². The second-order valence-corrected chi connectivity index (χ2v) is 11.1.